The highest BCUT2D eigenvalue weighted by Crippen LogP contribution is 1.84. The van der Waals surface area contributed by atoms with Crippen molar-refractivity contribution in [3.63, 3.8) is 0 Å². The van der Waals surface area contributed by atoms with E-state index in [1.807, 2.05) is 0 Å². The Morgan fingerprint density at radius 2 is 1.05 bits per heavy atom. The molecule has 120 valence electrons. The van der Waals surface area contributed by atoms with Gasteiger partial charge < -0.3 is 24.1 Å². The van der Waals surface area contributed by atoms with E-state index in [9.17, 15) is 9.59 Å². The summed E-state index contributed by atoms with van der Waals surface area (Å²) in [5, 5.41) is 7.33. The Morgan fingerprint density at radius 3 is 1.33 bits per heavy atom. The smallest absolute Gasteiger partial charge is 0.330 e. The van der Waals surface area contributed by atoms with E-state index in [-0.39, 0.29) is 13.2 Å². The van der Waals surface area contributed by atoms with Crippen LogP contribution >= 0.6 is 0 Å². The lowest BCUT2D eigenvalue weighted by Gasteiger charge is -2.06. The SMILES string of the molecule is C=CC(=O)OCCOCCOCCOC(=O)C=C.C=CO. The molecular formula is C14H22O7. The molecule has 0 aromatic carbocycles. The van der Waals surface area contributed by atoms with Crippen LogP contribution < -0.4 is 0 Å². The van der Waals surface area contributed by atoms with E-state index in [1.54, 1.807) is 0 Å². The third-order valence-electron chi connectivity index (χ3n) is 1.65. The first-order chi connectivity index (χ1) is 10.1. The number of esters is 2. The van der Waals surface area contributed by atoms with Crippen molar-refractivity contribution in [1.29, 1.82) is 0 Å². The van der Waals surface area contributed by atoms with Gasteiger partial charge in [-0.1, -0.05) is 19.7 Å². The quantitative estimate of drug-likeness (QED) is 0.265. The molecular weight excluding hydrogens is 280 g/mol. The highest BCUT2D eigenvalue weighted by atomic mass is 16.6. The lowest BCUT2D eigenvalue weighted by atomic mass is 10.6. The number of carbonyl (C=O) groups is 2. The second-order valence-electron chi connectivity index (χ2n) is 3.15. The zero-order chi connectivity index (χ0) is 16.3. The van der Waals surface area contributed by atoms with Crippen LogP contribution in [0, 0.1) is 0 Å². The minimum atomic E-state index is -0.473. The summed E-state index contributed by atoms with van der Waals surface area (Å²) in [5.74, 6) is -0.947. The van der Waals surface area contributed by atoms with Crippen molar-refractivity contribution in [3.05, 3.63) is 38.2 Å². The average molecular weight is 302 g/mol. The molecule has 0 radical (unpaired) electrons. The van der Waals surface area contributed by atoms with Crippen LogP contribution in [0.2, 0.25) is 0 Å². The van der Waals surface area contributed by atoms with Crippen molar-refractivity contribution in [3.8, 4) is 0 Å². The van der Waals surface area contributed by atoms with E-state index in [1.165, 1.54) is 0 Å². The van der Waals surface area contributed by atoms with Gasteiger partial charge in [-0.3, -0.25) is 0 Å². The molecule has 21 heavy (non-hydrogen) atoms. The van der Waals surface area contributed by atoms with Crippen molar-refractivity contribution in [2.45, 2.75) is 0 Å². The summed E-state index contributed by atoms with van der Waals surface area (Å²) < 4.78 is 19.6. The fraction of sp³-hybridized carbons (Fsp3) is 0.429. The van der Waals surface area contributed by atoms with Gasteiger partial charge in [0.15, 0.2) is 0 Å². The third-order valence-corrected chi connectivity index (χ3v) is 1.65. The summed E-state index contributed by atoms with van der Waals surface area (Å²) in [5.41, 5.74) is 0. The number of ether oxygens (including phenoxy) is 4. The third kappa shape index (κ3) is 20.4. The molecule has 0 spiro atoms. The molecule has 0 aliphatic heterocycles. The molecule has 7 nitrogen and oxygen atoms in total. The molecule has 0 aromatic heterocycles. The van der Waals surface area contributed by atoms with Crippen molar-refractivity contribution >= 4 is 11.9 Å². The number of aliphatic hydroxyl groups excluding tert-OH is 1. The summed E-state index contributed by atoms with van der Waals surface area (Å²) >= 11 is 0. The molecule has 0 saturated carbocycles. The number of carbonyl (C=O) groups excluding carboxylic acids is 2. The lowest BCUT2D eigenvalue weighted by Crippen LogP contribution is -2.13. The summed E-state index contributed by atoms with van der Waals surface area (Å²) in [4.78, 5) is 21.3. The zero-order valence-electron chi connectivity index (χ0n) is 12.0. The maximum absolute atomic E-state index is 10.6. The van der Waals surface area contributed by atoms with Crippen LogP contribution in [0.3, 0.4) is 0 Å². The minimum absolute atomic E-state index is 0.182. The molecule has 0 rings (SSSR count). The Labute approximate surface area is 124 Å². The fourth-order valence-electron chi connectivity index (χ4n) is 0.842. The van der Waals surface area contributed by atoms with Crippen LogP contribution in [0.5, 0.6) is 0 Å². The molecule has 0 heterocycles. The minimum Gasteiger partial charge on any atom is -0.516 e. The fourth-order valence-corrected chi connectivity index (χ4v) is 0.842. The van der Waals surface area contributed by atoms with Crippen LogP contribution in [-0.4, -0.2) is 56.7 Å². The molecule has 0 fully saturated rings. The van der Waals surface area contributed by atoms with E-state index < -0.39 is 11.9 Å². The van der Waals surface area contributed by atoms with Gasteiger partial charge in [0.1, 0.15) is 13.2 Å². The molecule has 1 N–H and O–H groups in total. The highest BCUT2D eigenvalue weighted by Gasteiger charge is 1.96. The van der Waals surface area contributed by atoms with Crippen molar-refractivity contribution in [2.24, 2.45) is 0 Å². The maximum Gasteiger partial charge on any atom is 0.330 e. The molecule has 0 unspecified atom stereocenters. The largest absolute Gasteiger partial charge is 0.516 e. The van der Waals surface area contributed by atoms with E-state index in [4.69, 9.17) is 14.6 Å². The van der Waals surface area contributed by atoms with Crippen LogP contribution in [0.25, 0.3) is 0 Å². The van der Waals surface area contributed by atoms with Crippen LogP contribution in [0.1, 0.15) is 0 Å². The molecule has 0 aliphatic rings. The van der Waals surface area contributed by atoms with E-state index in [2.05, 4.69) is 29.2 Å². The van der Waals surface area contributed by atoms with E-state index in [0.29, 0.717) is 26.4 Å². The Bertz CT molecular complexity index is 284. The summed E-state index contributed by atoms with van der Waals surface area (Å²) in [6, 6.07) is 0. The Balaban J connectivity index is 0. The van der Waals surface area contributed by atoms with Gasteiger partial charge >= 0.3 is 11.9 Å². The Morgan fingerprint density at radius 1 is 0.762 bits per heavy atom. The summed E-state index contributed by atoms with van der Waals surface area (Å²) in [6.45, 7) is 11.2. The van der Waals surface area contributed by atoms with Gasteiger partial charge in [-0.25, -0.2) is 9.59 Å². The zero-order valence-corrected chi connectivity index (χ0v) is 12.0. The number of aliphatic hydroxyl groups is 1. The van der Waals surface area contributed by atoms with E-state index in [0.717, 1.165) is 18.4 Å². The molecule has 0 aromatic rings. The highest BCUT2D eigenvalue weighted by molar-refractivity contribution is 5.81. The Kier molecular flexibility index (Phi) is 18.0. The monoisotopic (exact) mass is 302 g/mol. The summed E-state index contributed by atoms with van der Waals surface area (Å²) in [6.07, 6.45) is 2.93. The molecule has 0 saturated heterocycles. The van der Waals surface area contributed by atoms with Gasteiger partial charge in [0.05, 0.1) is 32.7 Å². The average Bonchev–Trinajstić information content (AvgIpc) is 2.49. The Hall–Kier alpha value is -2.12. The molecule has 0 atom stereocenters. The van der Waals surface area contributed by atoms with Gasteiger partial charge in [0.25, 0.3) is 0 Å². The second-order valence-corrected chi connectivity index (χ2v) is 3.15. The topological polar surface area (TPSA) is 91.3 Å². The van der Waals surface area contributed by atoms with Crippen LogP contribution in [-0.2, 0) is 28.5 Å². The van der Waals surface area contributed by atoms with Gasteiger partial charge in [0.2, 0.25) is 0 Å². The molecule has 0 aliphatic carbocycles. The molecule has 0 amide bonds. The predicted molar refractivity (Wildman–Crippen MR) is 76.8 cm³/mol. The standard InChI is InChI=1S/C12H18O6.C2H4O/c1-3-11(13)17-9-7-15-5-6-16-8-10-18-12(14)4-2;1-2-3/h3-4H,1-2,5-10H2;2-3H,1H2. The second kappa shape index (κ2) is 17.9. The number of rotatable bonds is 11. The van der Waals surface area contributed by atoms with Gasteiger partial charge in [-0.15, -0.1) is 0 Å². The van der Waals surface area contributed by atoms with Gasteiger partial charge in [0, 0.05) is 12.2 Å². The van der Waals surface area contributed by atoms with Crippen molar-refractivity contribution in [2.75, 3.05) is 39.6 Å². The van der Waals surface area contributed by atoms with Crippen molar-refractivity contribution < 1.29 is 33.6 Å². The lowest BCUT2D eigenvalue weighted by molar-refractivity contribution is -0.141. The first kappa shape index (κ1) is 21.2. The maximum atomic E-state index is 10.6. The number of hydrogen-bond donors (Lipinski definition) is 1. The number of hydrogen-bond acceptors (Lipinski definition) is 7. The molecule has 7 heteroatoms. The molecule has 0 bridgehead atoms. The van der Waals surface area contributed by atoms with Crippen molar-refractivity contribution in [1.82, 2.24) is 0 Å². The van der Waals surface area contributed by atoms with Gasteiger partial charge in [-0.2, -0.15) is 0 Å². The van der Waals surface area contributed by atoms with E-state index >= 15 is 0 Å². The van der Waals surface area contributed by atoms with Crippen LogP contribution in [0.4, 0.5) is 0 Å². The van der Waals surface area contributed by atoms with Gasteiger partial charge in [-0.05, 0) is 0 Å². The normalized spacial score (nSPS) is 8.76. The van der Waals surface area contributed by atoms with Crippen LogP contribution in [0.15, 0.2) is 38.2 Å². The summed E-state index contributed by atoms with van der Waals surface area (Å²) in [7, 11) is 0. The predicted octanol–water partition coefficient (Wildman–Crippen LogP) is 1.17. The first-order valence-corrected chi connectivity index (χ1v) is 6.11. The first-order valence-electron chi connectivity index (χ1n) is 6.11.